The first-order valence-electron chi connectivity index (χ1n) is 7.28. The van der Waals surface area contributed by atoms with Gasteiger partial charge in [0, 0.05) is 43.3 Å². The summed E-state index contributed by atoms with van der Waals surface area (Å²) < 4.78 is 0. The Morgan fingerprint density at radius 3 is 2.35 bits per heavy atom. The third-order valence-corrected chi connectivity index (χ3v) is 4.50. The van der Waals surface area contributed by atoms with Crippen molar-refractivity contribution >= 4 is 27.5 Å². The number of carbonyl (C=O) groups is 1. The molecule has 110 valence electrons. The zero-order valence-electron chi connectivity index (χ0n) is 12.3. The third kappa shape index (κ3) is 3.54. The van der Waals surface area contributed by atoms with E-state index in [1.807, 2.05) is 43.3 Å². The van der Waals surface area contributed by atoms with E-state index >= 15 is 0 Å². The van der Waals surface area contributed by atoms with Crippen molar-refractivity contribution in [3.05, 3.63) is 29.8 Å². The van der Waals surface area contributed by atoms with Gasteiger partial charge in [-0.3, -0.25) is 4.79 Å². The van der Waals surface area contributed by atoms with Crippen LogP contribution in [0.2, 0.25) is 0 Å². The lowest BCUT2D eigenvalue weighted by Gasteiger charge is -2.37. The van der Waals surface area contributed by atoms with Gasteiger partial charge in [-0.15, -0.1) is 0 Å². The Hall–Kier alpha value is -1.03. The van der Waals surface area contributed by atoms with Crippen LogP contribution in [0.3, 0.4) is 0 Å². The first-order chi connectivity index (χ1) is 9.63. The van der Waals surface area contributed by atoms with Gasteiger partial charge in [0.05, 0.1) is 0 Å². The van der Waals surface area contributed by atoms with E-state index in [-0.39, 0.29) is 5.91 Å². The van der Waals surface area contributed by atoms with Gasteiger partial charge in [-0.05, 0) is 49.9 Å². The number of amides is 1. The highest BCUT2D eigenvalue weighted by atomic mass is 79.9. The van der Waals surface area contributed by atoms with Crippen LogP contribution in [0.5, 0.6) is 0 Å². The Labute approximate surface area is 130 Å². The molecule has 4 heteroatoms. The summed E-state index contributed by atoms with van der Waals surface area (Å²) in [5.74, 6) is 0.181. The second kappa shape index (κ2) is 7.11. The van der Waals surface area contributed by atoms with E-state index < -0.39 is 0 Å². The molecule has 0 unspecified atom stereocenters. The molecule has 1 fully saturated rings. The smallest absolute Gasteiger partial charge is 0.254 e. The van der Waals surface area contributed by atoms with E-state index in [0.29, 0.717) is 6.04 Å². The number of rotatable bonds is 6. The fourth-order valence-corrected chi connectivity index (χ4v) is 2.70. The zero-order chi connectivity index (χ0) is 14.5. The lowest BCUT2D eigenvalue weighted by Crippen LogP contribution is -2.44. The van der Waals surface area contributed by atoms with Gasteiger partial charge < -0.3 is 9.80 Å². The average molecular weight is 339 g/mol. The monoisotopic (exact) mass is 338 g/mol. The minimum Gasteiger partial charge on any atom is -0.378 e. The maximum Gasteiger partial charge on any atom is 0.254 e. The zero-order valence-corrected chi connectivity index (χ0v) is 13.9. The number of hydrogen-bond donors (Lipinski definition) is 0. The molecule has 1 aromatic rings. The number of benzene rings is 1. The number of halogens is 1. The van der Waals surface area contributed by atoms with E-state index in [2.05, 4.69) is 20.8 Å². The third-order valence-electron chi connectivity index (χ3n) is 3.94. The maximum atomic E-state index is 12.7. The van der Waals surface area contributed by atoms with Gasteiger partial charge in [-0.25, -0.2) is 0 Å². The van der Waals surface area contributed by atoms with Crippen molar-refractivity contribution < 1.29 is 4.79 Å². The first-order valence-corrected chi connectivity index (χ1v) is 8.40. The van der Waals surface area contributed by atoms with Crippen molar-refractivity contribution in [1.82, 2.24) is 4.90 Å². The molecule has 0 saturated heterocycles. The van der Waals surface area contributed by atoms with Crippen LogP contribution in [0.25, 0.3) is 0 Å². The van der Waals surface area contributed by atoms with Crippen molar-refractivity contribution in [2.75, 3.05) is 30.9 Å². The normalized spacial score (nSPS) is 14.8. The van der Waals surface area contributed by atoms with Gasteiger partial charge in [-0.1, -0.05) is 15.9 Å². The fourth-order valence-electron chi connectivity index (χ4n) is 2.45. The summed E-state index contributed by atoms with van der Waals surface area (Å²) in [6.45, 7) is 0.851. The van der Waals surface area contributed by atoms with E-state index in [1.165, 1.54) is 6.42 Å². The average Bonchev–Trinajstić information content (AvgIpc) is 2.40. The molecule has 3 nitrogen and oxygen atoms in total. The Balaban J connectivity index is 2.09. The molecule has 1 saturated carbocycles. The van der Waals surface area contributed by atoms with Gasteiger partial charge in [-0.2, -0.15) is 0 Å². The van der Waals surface area contributed by atoms with Crippen molar-refractivity contribution in [2.45, 2.75) is 31.7 Å². The standard InChI is InChI=1S/C16H23BrN2O/c1-18(2)14-9-7-13(8-10-14)16(20)19(12-4-11-17)15-5-3-6-15/h7-10,15H,3-6,11-12H2,1-2H3. The van der Waals surface area contributed by atoms with Crippen molar-refractivity contribution in [1.29, 1.82) is 0 Å². The van der Waals surface area contributed by atoms with E-state index in [4.69, 9.17) is 0 Å². The van der Waals surface area contributed by atoms with Gasteiger partial charge in [0.1, 0.15) is 0 Å². The van der Waals surface area contributed by atoms with Crippen LogP contribution in [0.15, 0.2) is 24.3 Å². The molecule has 0 atom stereocenters. The number of carbonyl (C=O) groups excluding carboxylic acids is 1. The van der Waals surface area contributed by atoms with E-state index in [1.54, 1.807) is 0 Å². The SMILES string of the molecule is CN(C)c1ccc(C(=O)N(CCCBr)C2CCC2)cc1. The number of alkyl halides is 1. The molecule has 0 bridgehead atoms. The first kappa shape index (κ1) is 15.4. The quantitative estimate of drug-likeness (QED) is 0.740. The van der Waals surface area contributed by atoms with Crippen LogP contribution in [0, 0.1) is 0 Å². The lowest BCUT2D eigenvalue weighted by atomic mass is 9.91. The molecule has 20 heavy (non-hydrogen) atoms. The van der Waals surface area contributed by atoms with Crippen LogP contribution in [-0.4, -0.2) is 42.8 Å². The summed E-state index contributed by atoms with van der Waals surface area (Å²) >= 11 is 3.45. The maximum absolute atomic E-state index is 12.7. The molecule has 2 rings (SSSR count). The molecule has 0 N–H and O–H groups in total. The summed E-state index contributed by atoms with van der Waals surface area (Å²) in [5.41, 5.74) is 1.93. The molecule has 1 aromatic carbocycles. The van der Waals surface area contributed by atoms with E-state index in [0.717, 1.165) is 42.4 Å². The number of anilines is 1. The molecule has 0 aromatic heterocycles. The van der Waals surface area contributed by atoms with Gasteiger partial charge >= 0.3 is 0 Å². The minimum absolute atomic E-state index is 0.181. The summed E-state index contributed by atoms with van der Waals surface area (Å²) in [4.78, 5) is 16.8. The molecule has 0 heterocycles. The van der Waals surface area contributed by atoms with E-state index in [9.17, 15) is 4.79 Å². The van der Waals surface area contributed by atoms with Crippen LogP contribution >= 0.6 is 15.9 Å². The Kier molecular flexibility index (Phi) is 5.46. The summed E-state index contributed by atoms with van der Waals surface area (Å²) in [5, 5.41) is 0.947. The highest BCUT2D eigenvalue weighted by Gasteiger charge is 2.28. The summed E-state index contributed by atoms with van der Waals surface area (Å²) in [6, 6.07) is 8.36. The molecular weight excluding hydrogens is 316 g/mol. The van der Waals surface area contributed by atoms with Gasteiger partial charge in [0.25, 0.3) is 5.91 Å². The predicted octanol–water partition coefficient (Wildman–Crippen LogP) is 3.53. The number of nitrogens with zero attached hydrogens (tertiary/aromatic N) is 2. The Bertz CT molecular complexity index is 440. The predicted molar refractivity (Wildman–Crippen MR) is 87.9 cm³/mol. The molecule has 0 radical (unpaired) electrons. The van der Waals surface area contributed by atoms with Crippen LogP contribution in [0.4, 0.5) is 5.69 Å². The van der Waals surface area contributed by atoms with Crippen molar-refractivity contribution in [3.63, 3.8) is 0 Å². The van der Waals surface area contributed by atoms with Crippen LogP contribution in [-0.2, 0) is 0 Å². The lowest BCUT2D eigenvalue weighted by molar-refractivity contribution is 0.0581. The topological polar surface area (TPSA) is 23.6 Å². The van der Waals surface area contributed by atoms with Crippen molar-refractivity contribution in [2.24, 2.45) is 0 Å². The minimum atomic E-state index is 0.181. The fraction of sp³-hybridized carbons (Fsp3) is 0.562. The Morgan fingerprint density at radius 2 is 1.90 bits per heavy atom. The second-order valence-corrected chi connectivity index (χ2v) is 6.36. The molecule has 0 aliphatic heterocycles. The molecule has 1 aliphatic rings. The van der Waals surface area contributed by atoms with Crippen LogP contribution < -0.4 is 4.90 Å². The number of hydrogen-bond acceptors (Lipinski definition) is 2. The highest BCUT2D eigenvalue weighted by molar-refractivity contribution is 9.09. The molecular formula is C16H23BrN2O. The molecule has 0 spiro atoms. The summed E-state index contributed by atoms with van der Waals surface area (Å²) in [6.07, 6.45) is 4.58. The van der Waals surface area contributed by atoms with Crippen LogP contribution in [0.1, 0.15) is 36.0 Å². The second-order valence-electron chi connectivity index (χ2n) is 5.57. The molecule has 1 aliphatic carbocycles. The Morgan fingerprint density at radius 1 is 1.25 bits per heavy atom. The van der Waals surface area contributed by atoms with Crippen molar-refractivity contribution in [3.8, 4) is 0 Å². The van der Waals surface area contributed by atoms with Gasteiger partial charge in [0.2, 0.25) is 0 Å². The molecule has 1 amide bonds. The highest BCUT2D eigenvalue weighted by Crippen LogP contribution is 2.27. The van der Waals surface area contributed by atoms with Gasteiger partial charge in [0.15, 0.2) is 0 Å². The summed E-state index contributed by atoms with van der Waals surface area (Å²) in [7, 11) is 4.01. The largest absolute Gasteiger partial charge is 0.378 e.